The van der Waals surface area contributed by atoms with Crippen LogP contribution in [0.4, 0.5) is 0 Å². The van der Waals surface area contributed by atoms with Crippen molar-refractivity contribution in [3.63, 3.8) is 0 Å². The van der Waals surface area contributed by atoms with Gasteiger partial charge < -0.3 is 9.14 Å². The van der Waals surface area contributed by atoms with Crippen molar-refractivity contribution in [2.75, 3.05) is 0 Å². The lowest BCUT2D eigenvalue weighted by Crippen LogP contribution is -2.30. The van der Waals surface area contributed by atoms with Crippen molar-refractivity contribution in [3.05, 3.63) is 231 Å². The Kier molecular flexibility index (Phi) is 7.88. The Morgan fingerprint density at radius 3 is 1.70 bits per heavy atom. The number of fused-ring (bicyclic) bond motifs is 11. The normalized spacial score (nSPS) is 11.9. The molecule has 0 aliphatic carbocycles. The third-order valence-electron chi connectivity index (χ3n) is 13.4. The number of para-hydroxylation sites is 6. The Bertz CT molecular complexity index is 4200. The molecule has 0 amide bonds. The van der Waals surface area contributed by atoms with Crippen molar-refractivity contribution in [1.82, 2.24) is 18.4 Å². The summed E-state index contributed by atoms with van der Waals surface area (Å²) in [6.45, 7) is 0. The van der Waals surface area contributed by atoms with E-state index in [1.165, 1.54) is 32.4 Å². The largest absolute Gasteiger partial charge is 0.457 e. The van der Waals surface area contributed by atoms with Crippen LogP contribution in [-0.2, 0) is 0 Å². The Labute approximate surface area is 378 Å². The van der Waals surface area contributed by atoms with Gasteiger partial charge in [0.25, 0.3) is 6.33 Å². The zero-order chi connectivity index (χ0) is 43.3. The number of imidazole rings is 1. The molecule has 5 aromatic heterocycles. The highest BCUT2D eigenvalue weighted by Gasteiger charge is 2.25. The first kappa shape index (κ1) is 36.5. The van der Waals surface area contributed by atoms with E-state index in [1.807, 2.05) is 18.3 Å². The van der Waals surface area contributed by atoms with E-state index < -0.39 is 0 Å². The molecular formula is C60H38N5O+. The average molecular weight is 845 g/mol. The maximum atomic E-state index is 6.88. The first-order chi connectivity index (χ1) is 32.8. The second kappa shape index (κ2) is 14.3. The third kappa shape index (κ3) is 5.36. The number of nitrogens with zero attached hydrogens (tertiary/aromatic N) is 5. The van der Waals surface area contributed by atoms with Gasteiger partial charge in [0.05, 0.1) is 27.6 Å². The van der Waals surface area contributed by atoms with Crippen LogP contribution in [0.1, 0.15) is 0 Å². The van der Waals surface area contributed by atoms with E-state index in [1.54, 1.807) is 0 Å². The van der Waals surface area contributed by atoms with Crippen LogP contribution in [0.5, 0.6) is 11.5 Å². The van der Waals surface area contributed by atoms with Crippen molar-refractivity contribution < 1.29 is 9.30 Å². The quantitative estimate of drug-likeness (QED) is 0.156. The molecule has 0 fully saturated rings. The fourth-order valence-corrected chi connectivity index (χ4v) is 10.6. The number of hydrogen-bond donors (Lipinski definition) is 0. The summed E-state index contributed by atoms with van der Waals surface area (Å²) in [6, 6.07) is 77.7. The first-order valence-electron chi connectivity index (χ1n) is 22.4. The van der Waals surface area contributed by atoms with Gasteiger partial charge in [0, 0.05) is 61.8 Å². The van der Waals surface area contributed by atoms with E-state index in [9.17, 15) is 0 Å². The van der Waals surface area contributed by atoms with Gasteiger partial charge in [0.1, 0.15) is 22.9 Å². The Hall–Kier alpha value is -9.00. The summed E-state index contributed by atoms with van der Waals surface area (Å²) in [6.07, 6.45) is 4.12. The van der Waals surface area contributed by atoms with E-state index in [0.717, 1.165) is 89.3 Å². The molecule has 14 aromatic rings. The monoisotopic (exact) mass is 844 g/mol. The maximum Gasteiger partial charge on any atom is 0.255 e. The third-order valence-corrected chi connectivity index (χ3v) is 13.4. The Balaban J connectivity index is 0.946. The van der Waals surface area contributed by atoms with Crippen LogP contribution >= 0.6 is 0 Å². The average Bonchev–Trinajstić information content (AvgIpc) is 4.04. The minimum Gasteiger partial charge on any atom is -0.457 e. The summed E-state index contributed by atoms with van der Waals surface area (Å²) in [5.41, 5.74) is 15.3. The van der Waals surface area contributed by atoms with Crippen LogP contribution < -0.4 is 9.30 Å². The summed E-state index contributed by atoms with van der Waals surface area (Å²) in [5, 5.41) is 7.13. The van der Waals surface area contributed by atoms with Crippen molar-refractivity contribution >= 4 is 76.6 Å². The summed E-state index contributed by atoms with van der Waals surface area (Å²) in [5.74, 6) is 1.48. The highest BCUT2D eigenvalue weighted by atomic mass is 16.5. The SMILES string of the molecule is c1ccc(-c2cccc(-c3ccccc3)c2-[n+]2cn(-c3cccc(Oc4ccc5c6cccc7c8cccc9c%10ccccc%10n(c%10cccnc%10n(c5c4)c67)c98)c3)c3ccccc32)cc1. The minimum atomic E-state index is 0.740. The molecule has 308 valence electrons. The molecule has 14 rings (SSSR count). The molecule has 6 heteroatoms. The molecule has 9 aromatic carbocycles. The molecule has 0 atom stereocenters. The number of pyridine rings is 1. The second-order valence-corrected chi connectivity index (χ2v) is 17.0. The molecule has 0 aliphatic rings. The van der Waals surface area contributed by atoms with Gasteiger partial charge in [0.2, 0.25) is 0 Å². The number of benzene rings is 9. The van der Waals surface area contributed by atoms with Crippen LogP contribution in [0.15, 0.2) is 231 Å². The molecule has 5 heterocycles. The van der Waals surface area contributed by atoms with Gasteiger partial charge in [-0.2, -0.15) is 9.13 Å². The van der Waals surface area contributed by atoms with Crippen molar-refractivity contribution in [3.8, 4) is 45.1 Å². The summed E-state index contributed by atoms with van der Waals surface area (Å²) in [7, 11) is 0. The van der Waals surface area contributed by atoms with Gasteiger partial charge in [-0.25, -0.2) is 4.98 Å². The van der Waals surface area contributed by atoms with Crippen LogP contribution in [0.2, 0.25) is 0 Å². The standard InChI is InChI=1S/C60H38N5O/c1-3-16-39(17-4-1)44-23-12-24-45(40-18-5-2-6-19-40)57(44)63-38-62(53-30-9-10-31-54(53)63)41-20-11-21-42(36-41)66-43-33-34-47-49-26-14-28-51-50-27-13-25-48-46-22-7-8-29-52(46)64(58(48)50)55-32-15-35-61-60(55)65(59(49)51)56(47)37-43/h1-38H/q+1. The lowest BCUT2D eigenvalue weighted by atomic mass is 9.95. The summed E-state index contributed by atoms with van der Waals surface area (Å²) < 4.78 is 16.2. The van der Waals surface area contributed by atoms with Crippen LogP contribution in [0.3, 0.4) is 0 Å². The Morgan fingerprint density at radius 1 is 0.394 bits per heavy atom. The lowest BCUT2D eigenvalue weighted by molar-refractivity contribution is -0.566. The molecule has 0 aliphatic heterocycles. The highest BCUT2D eigenvalue weighted by Crippen LogP contribution is 2.42. The number of ether oxygens (including phenoxy) is 1. The first-order valence-corrected chi connectivity index (χ1v) is 22.4. The number of rotatable bonds is 6. The molecule has 0 unspecified atom stereocenters. The summed E-state index contributed by atoms with van der Waals surface area (Å²) in [4.78, 5) is 5.16. The minimum absolute atomic E-state index is 0.740. The molecule has 0 radical (unpaired) electrons. The predicted octanol–water partition coefficient (Wildman–Crippen LogP) is 14.7. The molecule has 0 bridgehead atoms. The maximum absolute atomic E-state index is 6.88. The van der Waals surface area contributed by atoms with E-state index in [-0.39, 0.29) is 0 Å². The molecule has 66 heavy (non-hydrogen) atoms. The summed E-state index contributed by atoms with van der Waals surface area (Å²) >= 11 is 0. The Morgan fingerprint density at radius 2 is 0.955 bits per heavy atom. The molecule has 0 saturated heterocycles. The number of hydrogen-bond acceptors (Lipinski definition) is 2. The second-order valence-electron chi connectivity index (χ2n) is 17.0. The van der Waals surface area contributed by atoms with Gasteiger partial charge in [-0.3, -0.25) is 4.40 Å². The van der Waals surface area contributed by atoms with E-state index >= 15 is 0 Å². The van der Waals surface area contributed by atoms with Crippen LogP contribution in [0, 0.1) is 0 Å². The predicted molar refractivity (Wildman–Crippen MR) is 269 cm³/mol. The molecule has 0 spiro atoms. The van der Waals surface area contributed by atoms with Crippen LogP contribution in [-0.4, -0.2) is 18.4 Å². The van der Waals surface area contributed by atoms with Gasteiger partial charge in [-0.05, 0) is 65.7 Å². The van der Waals surface area contributed by atoms with Gasteiger partial charge in [-0.1, -0.05) is 152 Å². The lowest BCUT2D eigenvalue weighted by Gasteiger charge is -2.13. The van der Waals surface area contributed by atoms with E-state index in [2.05, 4.69) is 231 Å². The van der Waals surface area contributed by atoms with E-state index in [0.29, 0.717) is 0 Å². The molecule has 0 N–H and O–H groups in total. The highest BCUT2D eigenvalue weighted by molar-refractivity contribution is 6.25. The topological polar surface area (TPSA) is 39.8 Å². The molecule has 0 saturated carbocycles. The van der Waals surface area contributed by atoms with Crippen LogP contribution in [0.25, 0.3) is 110 Å². The van der Waals surface area contributed by atoms with E-state index in [4.69, 9.17) is 9.72 Å². The van der Waals surface area contributed by atoms with Gasteiger partial charge >= 0.3 is 0 Å². The molecule has 6 nitrogen and oxygen atoms in total. The van der Waals surface area contributed by atoms with Gasteiger partial charge in [-0.15, -0.1) is 0 Å². The molecular weight excluding hydrogens is 807 g/mol. The fourth-order valence-electron chi connectivity index (χ4n) is 10.6. The van der Waals surface area contributed by atoms with Crippen molar-refractivity contribution in [2.45, 2.75) is 0 Å². The van der Waals surface area contributed by atoms with Crippen molar-refractivity contribution in [1.29, 1.82) is 0 Å². The zero-order valence-corrected chi connectivity index (χ0v) is 35.6. The number of aromatic nitrogens is 5. The zero-order valence-electron chi connectivity index (χ0n) is 35.6. The smallest absolute Gasteiger partial charge is 0.255 e. The van der Waals surface area contributed by atoms with Crippen molar-refractivity contribution in [2.24, 2.45) is 0 Å². The fraction of sp³-hybridized carbons (Fsp3) is 0. The van der Waals surface area contributed by atoms with Gasteiger partial charge in [0.15, 0.2) is 16.7 Å².